The molecule has 18 heavy (non-hydrogen) atoms. The summed E-state index contributed by atoms with van der Waals surface area (Å²) in [5.74, 6) is 5.31. The van der Waals surface area contributed by atoms with Crippen LogP contribution in [0.25, 0.3) is 0 Å². The van der Waals surface area contributed by atoms with Crippen molar-refractivity contribution in [2.24, 2.45) is 5.84 Å². The molecular formula is C11H17N5O2. The van der Waals surface area contributed by atoms with Gasteiger partial charge < -0.3 is 10.9 Å². The minimum Gasteiger partial charge on any atom is -0.324 e. The standard InChI is InChI=1S/C11H17N5O2/c12-13-9-6-10(8-11(7-9)16(17)18)14-15-4-2-1-3-5-15/h6-8,13-14H,1-5,12H2. The molecule has 98 valence electrons. The molecule has 0 bridgehead atoms. The SMILES string of the molecule is NNc1cc(NN2CCCCC2)cc([N+](=O)[O-])c1. The normalized spacial score (nSPS) is 16.3. The molecule has 2 rings (SSSR count). The summed E-state index contributed by atoms with van der Waals surface area (Å²) in [5.41, 5.74) is 6.84. The molecule has 0 saturated carbocycles. The Morgan fingerprint density at radius 1 is 1.17 bits per heavy atom. The van der Waals surface area contributed by atoms with Crippen LogP contribution in [-0.4, -0.2) is 23.0 Å². The number of hydrazine groups is 2. The number of piperidine rings is 1. The zero-order valence-electron chi connectivity index (χ0n) is 10.1. The molecule has 7 heteroatoms. The van der Waals surface area contributed by atoms with Crippen molar-refractivity contribution < 1.29 is 4.92 Å². The van der Waals surface area contributed by atoms with Gasteiger partial charge in [-0.15, -0.1) is 0 Å². The Kier molecular flexibility index (Phi) is 3.96. The Labute approximate surface area is 105 Å². The fourth-order valence-corrected chi connectivity index (χ4v) is 2.05. The van der Waals surface area contributed by atoms with Crippen LogP contribution < -0.4 is 16.7 Å². The highest BCUT2D eigenvalue weighted by atomic mass is 16.6. The van der Waals surface area contributed by atoms with Crippen molar-refractivity contribution in [3.8, 4) is 0 Å². The molecule has 7 nitrogen and oxygen atoms in total. The Hall–Kier alpha value is -1.86. The predicted molar refractivity (Wildman–Crippen MR) is 70.0 cm³/mol. The van der Waals surface area contributed by atoms with Crippen molar-refractivity contribution in [2.75, 3.05) is 23.9 Å². The van der Waals surface area contributed by atoms with E-state index in [0.29, 0.717) is 11.4 Å². The number of hydrogen-bond acceptors (Lipinski definition) is 6. The van der Waals surface area contributed by atoms with Crippen molar-refractivity contribution in [2.45, 2.75) is 19.3 Å². The van der Waals surface area contributed by atoms with Crippen LogP contribution in [0, 0.1) is 10.1 Å². The molecule has 0 spiro atoms. The first kappa shape index (κ1) is 12.6. The lowest BCUT2D eigenvalue weighted by Crippen LogP contribution is -2.34. The number of nitrogens with one attached hydrogen (secondary N) is 2. The zero-order valence-corrected chi connectivity index (χ0v) is 10.1. The summed E-state index contributed by atoms with van der Waals surface area (Å²) in [6.45, 7) is 1.90. The maximum Gasteiger partial charge on any atom is 0.273 e. The lowest BCUT2D eigenvalue weighted by molar-refractivity contribution is -0.384. The Morgan fingerprint density at radius 3 is 2.44 bits per heavy atom. The van der Waals surface area contributed by atoms with Gasteiger partial charge in [-0.05, 0) is 18.9 Å². The first-order valence-electron chi connectivity index (χ1n) is 5.97. The fraction of sp³-hybridized carbons (Fsp3) is 0.455. The summed E-state index contributed by atoms with van der Waals surface area (Å²) in [5, 5.41) is 12.9. The van der Waals surface area contributed by atoms with Crippen LogP contribution in [0.4, 0.5) is 17.1 Å². The molecule has 1 aromatic carbocycles. The lowest BCUT2D eigenvalue weighted by atomic mass is 10.2. The molecule has 0 aromatic heterocycles. The highest BCUT2D eigenvalue weighted by Crippen LogP contribution is 2.24. The van der Waals surface area contributed by atoms with Crippen molar-refractivity contribution >= 4 is 17.1 Å². The summed E-state index contributed by atoms with van der Waals surface area (Å²) >= 11 is 0. The second kappa shape index (κ2) is 5.65. The molecule has 1 saturated heterocycles. The molecule has 1 aliphatic heterocycles. The van der Waals surface area contributed by atoms with Gasteiger partial charge in [0.25, 0.3) is 5.69 Å². The number of nitrogen functional groups attached to an aromatic ring is 1. The van der Waals surface area contributed by atoms with Crippen LogP contribution in [0.3, 0.4) is 0 Å². The van der Waals surface area contributed by atoms with Gasteiger partial charge >= 0.3 is 0 Å². The second-order valence-corrected chi connectivity index (χ2v) is 4.33. The zero-order chi connectivity index (χ0) is 13.0. The number of nitro groups is 1. The Morgan fingerprint density at radius 2 is 1.83 bits per heavy atom. The van der Waals surface area contributed by atoms with Crippen molar-refractivity contribution in [3.05, 3.63) is 28.3 Å². The summed E-state index contributed by atoms with van der Waals surface area (Å²) in [6, 6.07) is 4.67. The summed E-state index contributed by atoms with van der Waals surface area (Å²) in [6.07, 6.45) is 3.52. The average Bonchev–Trinajstić information content (AvgIpc) is 2.39. The molecule has 1 heterocycles. The van der Waals surface area contributed by atoms with Gasteiger partial charge in [-0.3, -0.25) is 16.0 Å². The third-order valence-electron chi connectivity index (χ3n) is 2.94. The van der Waals surface area contributed by atoms with E-state index in [1.165, 1.54) is 18.6 Å². The topological polar surface area (TPSA) is 96.5 Å². The first-order chi connectivity index (χ1) is 8.69. The van der Waals surface area contributed by atoms with Crippen LogP contribution in [0.2, 0.25) is 0 Å². The fourth-order valence-electron chi connectivity index (χ4n) is 2.05. The van der Waals surface area contributed by atoms with Crippen LogP contribution in [0.1, 0.15) is 19.3 Å². The van der Waals surface area contributed by atoms with E-state index < -0.39 is 4.92 Å². The van der Waals surface area contributed by atoms with Gasteiger partial charge in [0.1, 0.15) is 0 Å². The number of nitro benzene ring substituents is 1. The van der Waals surface area contributed by atoms with Crippen LogP contribution in [0.5, 0.6) is 0 Å². The van der Waals surface area contributed by atoms with E-state index in [-0.39, 0.29) is 5.69 Å². The minimum atomic E-state index is -0.428. The highest BCUT2D eigenvalue weighted by molar-refractivity contribution is 5.62. The maximum absolute atomic E-state index is 10.8. The summed E-state index contributed by atoms with van der Waals surface area (Å²) < 4.78 is 0. The van der Waals surface area contributed by atoms with Gasteiger partial charge in [0.05, 0.1) is 16.3 Å². The maximum atomic E-state index is 10.8. The summed E-state index contributed by atoms with van der Waals surface area (Å²) in [4.78, 5) is 10.4. The van der Waals surface area contributed by atoms with Gasteiger partial charge in [-0.25, -0.2) is 5.01 Å². The second-order valence-electron chi connectivity index (χ2n) is 4.33. The Balaban J connectivity index is 2.15. The monoisotopic (exact) mass is 251 g/mol. The number of rotatable bonds is 4. The van der Waals surface area contributed by atoms with E-state index in [4.69, 9.17) is 5.84 Å². The quantitative estimate of drug-likeness (QED) is 0.428. The highest BCUT2D eigenvalue weighted by Gasteiger charge is 2.13. The molecular weight excluding hydrogens is 234 g/mol. The van der Waals surface area contributed by atoms with Gasteiger partial charge in [0.2, 0.25) is 0 Å². The first-order valence-corrected chi connectivity index (χ1v) is 5.97. The number of nitrogens with zero attached hydrogens (tertiary/aromatic N) is 2. The van der Waals surface area contributed by atoms with Crippen LogP contribution in [-0.2, 0) is 0 Å². The van der Waals surface area contributed by atoms with E-state index >= 15 is 0 Å². The number of benzene rings is 1. The molecule has 1 aliphatic rings. The predicted octanol–water partition coefficient (Wildman–Crippen LogP) is 1.69. The van der Waals surface area contributed by atoms with E-state index in [0.717, 1.165) is 25.9 Å². The third-order valence-corrected chi connectivity index (χ3v) is 2.94. The van der Waals surface area contributed by atoms with E-state index in [1.807, 2.05) is 0 Å². The molecule has 1 fully saturated rings. The minimum absolute atomic E-state index is 0.0185. The van der Waals surface area contributed by atoms with Gasteiger partial charge in [0, 0.05) is 25.2 Å². The van der Waals surface area contributed by atoms with Crippen molar-refractivity contribution in [1.29, 1.82) is 0 Å². The smallest absolute Gasteiger partial charge is 0.273 e. The van der Waals surface area contributed by atoms with E-state index in [9.17, 15) is 10.1 Å². The largest absolute Gasteiger partial charge is 0.324 e. The molecule has 4 N–H and O–H groups in total. The number of non-ortho nitro benzene ring substituents is 1. The van der Waals surface area contributed by atoms with E-state index in [1.54, 1.807) is 6.07 Å². The van der Waals surface area contributed by atoms with Crippen molar-refractivity contribution in [1.82, 2.24) is 5.01 Å². The van der Waals surface area contributed by atoms with Gasteiger partial charge in [0.15, 0.2) is 0 Å². The van der Waals surface area contributed by atoms with E-state index in [2.05, 4.69) is 15.9 Å². The number of anilines is 2. The van der Waals surface area contributed by atoms with Gasteiger partial charge in [-0.1, -0.05) is 6.42 Å². The molecule has 0 aliphatic carbocycles. The molecule has 0 atom stereocenters. The lowest BCUT2D eigenvalue weighted by Gasteiger charge is -2.27. The number of hydrogen-bond donors (Lipinski definition) is 3. The van der Waals surface area contributed by atoms with Crippen LogP contribution in [0.15, 0.2) is 18.2 Å². The number of nitrogens with two attached hydrogens (primary N) is 1. The molecule has 0 radical (unpaired) electrons. The molecule has 0 amide bonds. The van der Waals surface area contributed by atoms with Crippen molar-refractivity contribution in [3.63, 3.8) is 0 Å². The average molecular weight is 251 g/mol. The summed E-state index contributed by atoms with van der Waals surface area (Å²) in [7, 11) is 0. The Bertz CT molecular complexity index is 431. The third kappa shape index (κ3) is 3.08. The van der Waals surface area contributed by atoms with Gasteiger partial charge in [-0.2, -0.15) is 0 Å². The molecule has 0 unspecified atom stereocenters. The molecule has 1 aromatic rings. The van der Waals surface area contributed by atoms with Crippen LogP contribution >= 0.6 is 0 Å².